The van der Waals surface area contributed by atoms with E-state index in [0.29, 0.717) is 0 Å². The fraction of sp³-hybridized carbons (Fsp3) is 0.333. The summed E-state index contributed by atoms with van der Waals surface area (Å²) in [5, 5.41) is 2.91. The third-order valence-electron chi connectivity index (χ3n) is 6.28. The van der Waals surface area contributed by atoms with Crippen molar-refractivity contribution in [2.75, 3.05) is 24.9 Å². The van der Waals surface area contributed by atoms with Gasteiger partial charge in [-0.05, 0) is 44.0 Å². The number of halogens is 1. The van der Waals surface area contributed by atoms with Gasteiger partial charge in [-0.2, -0.15) is 12.7 Å². The summed E-state index contributed by atoms with van der Waals surface area (Å²) in [6.45, 7) is 4.93. The number of hydrogen-bond donors (Lipinski definition) is 1. The van der Waals surface area contributed by atoms with Crippen molar-refractivity contribution in [1.82, 2.24) is 14.5 Å². The van der Waals surface area contributed by atoms with Gasteiger partial charge in [0.05, 0.1) is 5.69 Å². The molecule has 0 saturated carbocycles. The molecule has 0 heterocycles. The molecule has 1 atom stereocenters. The topological polar surface area (TPSA) is 90.0 Å². The summed E-state index contributed by atoms with van der Waals surface area (Å²) >= 11 is 0. The predicted octanol–water partition coefficient (Wildman–Crippen LogP) is 3.91. The van der Waals surface area contributed by atoms with E-state index in [1.165, 1.54) is 37.2 Å². The van der Waals surface area contributed by atoms with Crippen LogP contribution in [0.15, 0.2) is 78.9 Å². The van der Waals surface area contributed by atoms with Crippen LogP contribution in [0, 0.1) is 12.7 Å². The Labute approximate surface area is 236 Å². The lowest BCUT2D eigenvalue weighted by molar-refractivity contribution is -0.140. The second-order valence-electron chi connectivity index (χ2n) is 10.1. The molecule has 0 aromatic heterocycles. The second kappa shape index (κ2) is 13.5. The van der Waals surface area contributed by atoms with E-state index in [2.05, 4.69) is 5.32 Å². The normalized spacial score (nSPS) is 12.3. The van der Waals surface area contributed by atoms with Gasteiger partial charge in [0, 0.05) is 33.1 Å². The summed E-state index contributed by atoms with van der Waals surface area (Å²) in [5.41, 5.74) is 2.32. The zero-order valence-electron chi connectivity index (χ0n) is 23.5. The number of carbonyl (C=O) groups is 2. The number of nitrogens with zero attached hydrogens (tertiary/aromatic N) is 3. The number of rotatable bonds is 12. The van der Waals surface area contributed by atoms with E-state index in [9.17, 15) is 22.4 Å². The molecule has 8 nitrogen and oxygen atoms in total. The van der Waals surface area contributed by atoms with Crippen LogP contribution in [-0.2, 0) is 32.8 Å². The van der Waals surface area contributed by atoms with E-state index in [1.807, 2.05) is 75.4 Å². The molecule has 10 heteroatoms. The molecule has 0 radical (unpaired) electrons. The van der Waals surface area contributed by atoms with E-state index in [0.717, 1.165) is 31.4 Å². The summed E-state index contributed by atoms with van der Waals surface area (Å²) in [7, 11) is -1.64. The first-order valence-corrected chi connectivity index (χ1v) is 14.4. The molecule has 0 unspecified atom stereocenters. The van der Waals surface area contributed by atoms with Gasteiger partial charge in [-0.3, -0.25) is 9.59 Å². The molecule has 1 N–H and O–H groups in total. The van der Waals surface area contributed by atoms with Crippen LogP contribution in [-0.4, -0.2) is 62.2 Å². The Morgan fingerprint density at radius 1 is 0.900 bits per heavy atom. The van der Waals surface area contributed by atoms with Crippen molar-refractivity contribution in [2.24, 2.45) is 0 Å². The standard InChI is InChI=1S/C30H37FN4O4S/c1-22(2)32-30(37)28(19-24-13-7-6-8-14-24)34(20-25-15-11-12-23(3)18-25)29(36)21-35(40(38,39)33(4)5)27-17-10-9-16-26(27)31/h6-18,22,28H,19-21H2,1-5H3,(H,32,37)/t28-/m1/s1. The van der Waals surface area contributed by atoms with Crippen LogP contribution in [0.25, 0.3) is 0 Å². The van der Waals surface area contributed by atoms with E-state index in [-0.39, 0.29) is 30.6 Å². The van der Waals surface area contributed by atoms with Crippen molar-refractivity contribution >= 4 is 27.7 Å². The Hall–Kier alpha value is -3.76. The van der Waals surface area contributed by atoms with Gasteiger partial charge in [-0.25, -0.2) is 8.70 Å². The van der Waals surface area contributed by atoms with Crippen LogP contribution in [0.2, 0.25) is 0 Å². The van der Waals surface area contributed by atoms with Gasteiger partial charge in [0.25, 0.3) is 0 Å². The molecule has 0 spiro atoms. The first-order valence-electron chi connectivity index (χ1n) is 13.0. The van der Waals surface area contributed by atoms with Gasteiger partial charge >= 0.3 is 10.2 Å². The molecule has 3 rings (SSSR count). The van der Waals surface area contributed by atoms with Crippen LogP contribution in [0.4, 0.5) is 10.1 Å². The average molecular weight is 569 g/mol. The fourth-order valence-corrected chi connectivity index (χ4v) is 5.36. The smallest absolute Gasteiger partial charge is 0.304 e. The maximum atomic E-state index is 14.9. The highest BCUT2D eigenvalue weighted by Gasteiger charge is 2.35. The first kappa shape index (κ1) is 30.8. The zero-order chi connectivity index (χ0) is 29.4. The minimum atomic E-state index is -4.27. The van der Waals surface area contributed by atoms with Gasteiger partial charge in [0.2, 0.25) is 11.8 Å². The number of benzene rings is 3. The molecule has 3 aromatic carbocycles. The Morgan fingerprint density at radius 2 is 1.52 bits per heavy atom. The minimum Gasteiger partial charge on any atom is -0.352 e. The number of para-hydroxylation sites is 1. The molecule has 214 valence electrons. The number of carbonyl (C=O) groups excluding carboxylic acids is 2. The Kier molecular flexibility index (Phi) is 10.4. The third-order valence-corrected chi connectivity index (χ3v) is 8.08. The second-order valence-corrected chi connectivity index (χ2v) is 12.2. The fourth-order valence-electron chi connectivity index (χ4n) is 4.30. The van der Waals surface area contributed by atoms with Crippen molar-refractivity contribution in [1.29, 1.82) is 0 Å². The SMILES string of the molecule is Cc1cccc(CN(C(=O)CN(c2ccccc2F)S(=O)(=O)N(C)C)[C@H](Cc2ccccc2)C(=O)NC(C)C)c1. The van der Waals surface area contributed by atoms with Crippen LogP contribution in [0.1, 0.15) is 30.5 Å². The summed E-state index contributed by atoms with van der Waals surface area (Å²) in [4.78, 5) is 29.1. The van der Waals surface area contributed by atoms with Gasteiger partial charge in [-0.15, -0.1) is 0 Å². The predicted molar refractivity (Wildman–Crippen MR) is 155 cm³/mol. The van der Waals surface area contributed by atoms with Crippen molar-refractivity contribution in [3.05, 3.63) is 101 Å². The largest absolute Gasteiger partial charge is 0.352 e. The average Bonchev–Trinajstić information content (AvgIpc) is 2.89. The summed E-state index contributed by atoms with van der Waals surface area (Å²) in [6.07, 6.45) is 0.205. The highest BCUT2D eigenvalue weighted by atomic mass is 32.2. The molecule has 0 saturated heterocycles. The zero-order valence-corrected chi connectivity index (χ0v) is 24.4. The lowest BCUT2D eigenvalue weighted by Crippen LogP contribution is -2.55. The number of nitrogens with one attached hydrogen (secondary N) is 1. The summed E-state index contributed by atoms with van der Waals surface area (Å²) < 4.78 is 43.2. The molecule has 0 aliphatic carbocycles. The molecule has 40 heavy (non-hydrogen) atoms. The van der Waals surface area contributed by atoms with Crippen LogP contribution in [0.3, 0.4) is 0 Å². The highest BCUT2D eigenvalue weighted by Crippen LogP contribution is 2.24. The maximum Gasteiger partial charge on any atom is 0.304 e. The lowest BCUT2D eigenvalue weighted by atomic mass is 10.0. The summed E-state index contributed by atoms with van der Waals surface area (Å²) in [5.74, 6) is -1.80. The molecule has 3 aromatic rings. The number of aryl methyl sites for hydroxylation is 1. The van der Waals surface area contributed by atoms with Crippen molar-refractivity contribution in [3.8, 4) is 0 Å². The Balaban J connectivity index is 2.11. The van der Waals surface area contributed by atoms with Gasteiger partial charge in [0.15, 0.2) is 0 Å². The maximum absolute atomic E-state index is 14.9. The molecular formula is C30H37FN4O4S. The van der Waals surface area contributed by atoms with Gasteiger partial charge in [0.1, 0.15) is 18.4 Å². The lowest BCUT2D eigenvalue weighted by Gasteiger charge is -2.34. The molecule has 0 aliphatic heterocycles. The van der Waals surface area contributed by atoms with Crippen molar-refractivity contribution in [3.63, 3.8) is 0 Å². The monoisotopic (exact) mass is 568 g/mol. The molecule has 0 aliphatic rings. The van der Waals surface area contributed by atoms with E-state index in [1.54, 1.807) is 0 Å². The molecular weight excluding hydrogens is 531 g/mol. The van der Waals surface area contributed by atoms with Crippen LogP contribution < -0.4 is 9.62 Å². The van der Waals surface area contributed by atoms with Crippen molar-refractivity contribution in [2.45, 2.75) is 45.8 Å². The van der Waals surface area contributed by atoms with E-state index in [4.69, 9.17) is 0 Å². The molecule has 2 amide bonds. The quantitative estimate of drug-likeness (QED) is 0.359. The number of hydrogen-bond acceptors (Lipinski definition) is 4. The minimum absolute atomic E-state index is 0.0522. The Morgan fingerprint density at radius 3 is 2.12 bits per heavy atom. The molecule has 0 fully saturated rings. The first-order chi connectivity index (χ1) is 18.9. The number of amides is 2. The third kappa shape index (κ3) is 7.89. The number of anilines is 1. The Bertz CT molecular complexity index is 1410. The molecule has 0 bridgehead atoms. The van der Waals surface area contributed by atoms with E-state index < -0.39 is 34.5 Å². The van der Waals surface area contributed by atoms with Crippen molar-refractivity contribution < 1.29 is 22.4 Å². The highest BCUT2D eigenvalue weighted by molar-refractivity contribution is 7.90. The van der Waals surface area contributed by atoms with Crippen LogP contribution >= 0.6 is 0 Å². The summed E-state index contributed by atoms with van der Waals surface area (Å²) in [6, 6.07) is 21.1. The van der Waals surface area contributed by atoms with Gasteiger partial charge < -0.3 is 10.2 Å². The van der Waals surface area contributed by atoms with Crippen LogP contribution in [0.5, 0.6) is 0 Å². The van der Waals surface area contributed by atoms with E-state index >= 15 is 0 Å². The van der Waals surface area contributed by atoms with Gasteiger partial charge in [-0.1, -0.05) is 72.3 Å².